The van der Waals surface area contributed by atoms with Crippen LogP contribution in [-0.4, -0.2) is 110 Å². The zero-order valence-electron chi connectivity index (χ0n) is 17.5. The molecular weight excluding hydrogens is 340 g/mol. The number of hydrogen-bond acceptors (Lipinski definition) is 4. The second-order valence-electron chi connectivity index (χ2n) is 8.07. The van der Waals surface area contributed by atoms with Crippen molar-refractivity contribution >= 4 is 11.9 Å². The van der Waals surface area contributed by atoms with E-state index in [4.69, 9.17) is 0 Å². The van der Waals surface area contributed by atoms with E-state index in [-0.39, 0.29) is 6.04 Å². The fraction of sp³-hybridized carbons (Fsp3) is 0.900. The van der Waals surface area contributed by atoms with Gasteiger partial charge in [0.2, 0.25) is 5.91 Å². The van der Waals surface area contributed by atoms with Crippen LogP contribution in [0.5, 0.6) is 0 Å². The maximum atomic E-state index is 12.6. The number of guanidine groups is 1. The van der Waals surface area contributed by atoms with E-state index in [9.17, 15) is 4.79 Å². The number of likely N-dealkylation sites (tertiary alicyclic amines) is 1. The Hall–Kier alpha value is -1.34. The average molecular weight is 379 g/mol. The highest BCUT2D eigenvalue weighted by Crippen LogP contribution is 2.25. The molecule has 7 heteroatoms. The van der Waals surface area contributed by atoms with Crippen molar-refractivity contribution < 1.29 is 4.79 Å². The van der Waals surface area contributed by atoms with Crippen molar-refractivity contribution in [1.82, 2.24) is 24.9 Å². The lowest BCUT2D eigenvalue weighted by atomic mass is 10.2. The van der Waals surface area contributed by atoms with Gasteiger partial charge in [-0.2, -0.15) is 0 Å². The third kappa shape index (κ3) is 5.35. The smallest absolute Gasteiger partial charge is 0.239 e. The van der Waals surface area contributed by atoms with Crippen molar-refractivity contribution in [1.29, 1.82) is 0 Å². The van der Waals surface area contributed by atoms with Gasteiger partial charge in [0.15, 0.2) is 5.96 Å². The van der Waals surface area contributed by atoms with Gasteiger partial charge in [-0.25, -0.2) is 0 Å². The van der Waals surface area contributed by atoms with Crippen molar-refractivity contribution in [3.63, 3.8) is 0 Å². The lowest BCUT2D eigenvalue weighted by molar-refractivity contribution is -0.135. The predicted octanol–water partition coefficient (Wildman–Crippen LogP) is 0.675. The molecule has 27 heavy (non-hydrogen) atoms. The summed E-state index contributed by atoms with van der Waals surface area (Å²) in [6.45, 7) is 13.1. The van der Waals surface area contributed by atoms with Crippen LogP contribution in [-0.2, 0) is 4.79 Å². The van der Waals surface area contributed by atoms with E-state index in [2.05, 4.69) is 38.9 Å². The molecule has 3 aliphatic rings. The predicted molar refractivity (Wildman–Crippen MR) is 110 cm³/mol. The number of nitrogens with one attached hydrogen (secondary N) is 1. The Labute approximate surface area is 164 Å². The van der Waals surface area contributed by atoms with Gasteiger partial charge >= 0.3 is 0 Å². The molecule has 0 radical (unpaired) electrons. The number of hydrogen-bond donors (Lipinski definition) is 1. The molecule has 0 aromatic rings. The highest BCUT2D eigenvalue weighted by Gasteiger charge is 2.31. The lowest BCUT2D eigenvalue weighted by Gasteiger charge is -2.39. The molecule has 2 heterocycles. The minimum Gasteiger partial charge on any atom is -0.355 e. The summed E-state index contributed by atoms with van der Waals surface area (Å²) in [6.07, 6.45) is 5.03. The van der Waals surface area contributed by atoms with Crippen LogP contribution in [0.25, 0.3) is 0 Å². The van der Waals surface area contributed by atoms with Crippen LogP contribution in [0.2, 0.25) is 0 Å². The molecule has 0 aromatic heterocycles. The summed E-state index contributed by atoms with van der Waals surface area (Å²) in [5.41, 5.74) is 0. The minimum absolute atomic E-state index is 0.00289. The molecule has 2 aliphatic heterocycles. The lowest BCUT2D eigenvalue weighted by Crippen LogP contribution is -2.57. The van der Waals surface area contributed by atoms with Crippen LogP contribution in [0, 0.1) is 0 Å². The van der Waals surface area contributed by atoms with Crippen LogP contribution in [0.1, 0.15) is 39.5 Å². The van der Waals surface area contributed by atoms with Crippen molar-refractivity contribution in [2.75, 3.05) is 66.0 Å². The largest absolute Gasteiger partial charge is 0.355 e. The van der Waals surface area contributed by atoms with Gasteiger partial charge in [-0.1, -0.05) is 6.92 Å². The first-order valence-corrected chi connectivity index (χ1v) is 10.9. The molecule has 154 valence electrons. The summed E-state index contributed by atoms with van der Waals surface area (Å²) in [6, 6.07) is 0.814. The summed E-state index contributed by atoms with van der Waals surface area (Å²) in [4.78, 5) is 26.4. The molecule has 1 atom stereocenters. The molecule has 0 spiro atoms. The molecule has 1 N–H and O–H groups in total. The molecule has 2 saturated heterocycles. The topological polar surface area (TPSA) is 54.4 Å². The third-order valence-corrected chi connectivity index (χ3v) is 6.30. The molecule has 3 rings (SSSR count). The molecule has 1 amide bonds. The van der Waals surface area contributed by atoms with E-state index in [0.29, 0.717) is 5.91 Å². The van der Waals surface area contributed by atoms with Crippen LogP contribution in [0.3, 0.4) is 0 Å². The van der Waals surface area contributed by atoms with E-state index in [1.54, 1.807) is 0 Å². The molecule has 0 aromatic carbocycles. The number of rotatable bonds is 7. The van der Waals surface area contributed by atoms with Crippen LogP contribution < -0.4 is 5.32 Å². The first-order chi connectivity index (χ1) is 13.1. The number of aliphatic imine (C=N–C) groups is 1. The number of nitrogens with zero attached hydrogens (tertiary/aromatic N) is 5. The fourth-order valence-corrected chi connectivity index (χ4v) is 4.36. The fourth-order valence-electron chi connectivity index (χ4n) is 4.36. The van der Waals surface area contributed by atoms with Gasteiger partial charge in [0, 0.05) is 65.4 Å². The minimum atomic E-state index is -0.00289. The van der Waals surface area contributed by atoms with E-state index < -0.39 is 0 Å². The Kier molecular flexibility index (Phi) is 7.35. The number of carbonyl (C=O) groups is 1. The number of amides is 1. The van der Waals surface area contributed by atoms with E-state index in [0.717, 1.165) is 83.7 Å². The maximum absolute atomic E-state index is 12.6. The van der Waals surface area contributed by atoms with Gasteiger partial charge in [0.05, 0.1) is 6.04 Å². The summed E-state index contributed by atoms with van der Waals surface area (Å²) >= 11 is 0. The van der Waals surface area contributed by atoms with Crippen LogP contribution >= 0.6 is 0 Å². The van der Waals surface area contributed by atoms with Gasteiger partial charge in [-0.15, -0.1) is 0 Å². The second kappa shape index (κ2) is 9.73. The van der Waals surface area contributed by atoms with Gasteiger partial charge in [0.1, 0.15) is 0 Å². The third-order valence-electron chi connectivity index (χ3n) is 6.30. The first kappa shape index (κ1) is 20.4. The summed E-state index contributed by atoms with van der Waals surface area (Å²) in [7, 11) is 1.87. The highest BCUT2D eigenvalue weighted by atomic mass is 16.2. The van der Waals surface area contributed by atoms with Crippen LogP contribution in [0.15, 0.2) is 4.99 Å². The van der Waals surface area contributed by atoms with Crippen molar-refractivity contribution in [3.05, 3.63) is 0 Å². The molecule has 1 saturated carbocycles. The Bertz CT molecular complexity index is 507. The normalized spacial score (nSPS) is 23.2. The molecule has 1 aliphatic carbocycles. The molecule has 0 bridgehead atoms. The maximum Gasteiger partial charge on any atom is 0.239 e. The number of carbonyl (C=O) groups excluding carboxylic acids is 1. The summed E-state index contributed by atoms with van der Waals surface area (Å²) in [5, 5.41) is 3.54. The quantitative estimate of drug-likeness (QED) is 0.521. The van der Waals surface area contributed by atoms with Crippen molar-refractivity contribution in [3.8, 4) is 0 Å². The summed E-state index contributed by atoms with van der Waals surface area (Å²) in [5.74, 6) is 1.31. The molecule has 3 fully saturated rings. The number of likely N-dealkylation sites (N-methyl/N-ethyl adjacent to an activating group) is 1. The zero-order valence-corrected chi connectivity index (χ0v) is 17.5. The Morgan fingerprint density at radius 1 is 1.11 bits per heavy atom. The standard InChI is InChI=1S/C20H38N6O/c1-4-23(18-7-8-18)12-9-22-20(21-3)26-15-13-24(14-16-26)17(2)19(27)25-10-5-6-11-25/h17-18H,4-16H2,1-3H3,(H,21,22). The van der Waals surface area contributed by atoms with Crippen molar-refractivity contribution in [2.24, 2.45) is 4.99 Å². The van der Waals surface area contributed by atoms with Gasteiger partial charge in [0.25, 0.3) is 0 Å². The van der Waals surface area contributed by atoms with Crippen LogP contribution in [0.4, 0.5) is 0 Å². The van der Waals surface area contributed by atoms with Gasteiger partial charge in [-0.3, -0.25) is 19.6 Å². The number of piperazine rings is 1. The van der Waals surface area contributed by atoms with E-state index in [1.807, 2.05) is 11.9 Å². The average Bonchev–Trinajstić information content (AvgIpc) is 3.40. The monoisotopic (exact) mass is 378 g/mol. The second-order valence-corrected chi connectivity index (χ2v) is 8.07. The van der Waals surface area contributed by atoms with Gasteiger partial charge in [-0.05, 0) is 39.2 Å². The summed E-state index contributed by atoms with van der Waals surface area (Å²) < 4.78 is 0. The van der Waals surface area contributed by atoms with Crippen molar-refractivity contribution in [2.45, 2.75) is 51.6 Å². The van der Waals surface area contributed by atoms with E-state index >= 15 is 0 Å². The first-order valence-electron chi connectivity index (χ1n) is 10.9. The van der Waals surface area contributed by atoms with E-state index in [1.165, 1.54) is 12.8 Å². The Balaban J connectivity index is 1.40. The molecular formula is C20H38N6O. The Morgan fingerprint density at radius 3 is 2.33 bits per heavy atom. The SMILES string of the molecule is CCN(CCNC(=NC)N1CCN(C(C)C(=O)N2CCCC2)CC1)C1CC1. The highest BCUT2D eigenvalue weighted by molar-refractivity contribution is 5.82. The molecule has 1 unspecified atom stereocenters. The van der Waals surface area contributed by atoms with Gasteiger partial charge < -0.3 is 15.1 Å². The molecule has 7 nitrogen and oxygen atoms in total. The zero-order chi connectivity index (χ0) is 19.2. The Morgan fingerprint density at radius 2 is 1.78 bits per heavy atom.